The van der Waals surface area contributed by atoms with Crippen LogP contribution in [-0.4, -0.2) is 46.1 Å². The molecule has 0 radical (unpaired) electrons. The number of nitrogens with zero attached hydrogens (tertiary/aromatic N) is 2. The lowest BCUT2D eigenvalue weighted by Crippen LogP contribution is -2.53. The van der Waals surface area contributed by atoms with Crippen molar-refractivity contribution in [1.29, 1.82) is 0 Å². The number of carboxylic acids is 1. The predicted molar refractivity (Wildman–Crippen MR) is 104 cm³/mol. The van der Waals surface area contributed by atoms with Crippen molar-refractivity contribution >= 4 is 5.97 Å². The molecule has 1 aromatic carbocycles. The minimum Gasteiger partial charge on any atom is -0.489 e. The lowest BCUT2D eigenvalue weighted by atomic mass is 9.85. The SMILES string of the molecule is CCN(CC(=O)O)C1CC(NCc2ccccc2OCc2cccnc2)C1. The molecule has 3 rings (SSSR count). The first kappa shape index (κ1) is 19.3. The van der Waals surface area contributed by atoms with Crippen LogP contribution in [0.25, 0.3) is 0 Å². The summed E-state index contributed by atoms with van der Waals surface area (Å²) in [7, 11) is 0. The molecular formula is C21H27N3O3. The molecule has 2 aromatic rings. The highest BCUT2D eigenvalue weighted by atomic mass is 16.5. The molecular weight excluding hydrogens is 342 g/mol. The van der Waals surface area contributed by atoms with E-state index >= 15 is 0 Å². The van der Waals surface area contributed by atoms with Gasteiger partial charge in [0.25, 0.3) is 0 Å². The van der Waals surface area contributed by atoms with Crippen molar-refractivity contribution in [2.24, 2.45) is 0 Å². The van der Waals surface area contributed by atoms with Crippen LogP contribution >= 0.6 is 0 Å². The maximum Gasteiger partial charge on any atom is 0.317 e. The van der Waals surface area contributed by atoms with Crippen molar-refractivity contribution in [3.63, 3.8) is 0 Å². The smallest absolute Gasteiger partial charge is 0.317 e. The van der Waals surface area contributed by atoms with Crippen molar-refractivity contribution in [3.05, 3.63) is 59.9 Å². The molecule has 0 spiro atoms. The fourth-order valence-electron chi connectivity index (χ4n) is 3.42. The number of benzene rings is 1. The Labute approximate surface area is 160 Å². The van der Waals surface area contributed by atoms with Gasteiger partial charge >= 0.3 is 5.97 Å². The number of carboxylic acid groups (broad SMARTS) is 1. The van der Waals surface area contributed by atoms with Gasteiger partial charge in [0.15, 0.2) is 0 Å². The first-order valence-electron chi connectivity index (χ1n) is 9.44. The Morgan fingerprint density at radius 1 is 1.30 bits per heavy atom. The molecule has 6 nitrogen and oxygen atoms in total. The van der Waals surface area contributed by atoms with Crippen molar-refractivity contribution in [1.82, 2.24) is 15.2 Å². The molecule has 0 saturated heterocycles. The number of likely N-dealkylation sites (N-methyl/N-ethyl adjacent to an activating group) is 1. The second kappa shape index (κ2) is 9.48. The molecule has 0 unspecified atom stereocenters. The number of aliphatic carboxylic acids is 1. The summed E-state index contributed by atoms with van der Waals surface area (Å²) in [4.78, 5) is 17.1. The largest absolute Gasteiger partial charge is 0.489 e. The average Bonchev–Trinajstić information content (AvgIpc) is 2.65. The van der Waals surface area contributed by atoms with E-state index in [0.29, 0.717) is 18.7 Å². The molecule has 1 fully saturated rings. The van der Waals surface area contributed by atoms with Crippen molar-refractivity contribution in [2.45, 2.75) is 45.0 Å². The van der Waals surface area contributed by atoms with Crippen LogP contribution in [0.3, 0.4) is 0 Å². The van der Waals surface area contributed by atoms with Gasteiger partial charge in [-0.2, -0.15) is 0 Å². The number of carbonyl (C=O) groups is 1. The molecule has 0 atom stereocenters. The predicted octanol–water partition coefficient (Wildman–Crippen LogP) is 2.69. The van der Waals surface area contributed by atoms with E-state index in [0.717, 1.165) is 42.8 Å². The molecule has 1 heterocycles. The summed E-state index contributed by atoms with van der Waals surface area (Å²) >= 11 is 0. The number of para-hydroxylation sites is 1. The Balaban J connectivity index is 1.47. The van der Waals surface area contributed by atoms with Crippen LogP contribution in [-0.2, 0) is 17.9 Å². The summed E-state index contributed by atoms with van der Waals surface area (Å²) in [5.74, 6) is 0.124. The van der Waals surface area contributed by atoms with E-state index in [-0.39, 0.29) is 6.54 Å². The van der Waals surface area contributed by atoms with Gasteiger partial charge in [-0.25, -0.2) is 0 Å². The molecule has 1 saturated carbocycles. The van der Waals surface area contributed by atoms with Crippen LogP contribution < -0.4 is 10.1 Å². The lowest BCUT2D eigenvalue weighted by molar-refractivity contribution is -0.139. The van der Waals surface area contributed by atoms with Crippen LogP contribution in [0.4, 0.5) is 0 Å². The summed E-state index contributed by atoms with van der Waals surface area (Å²) in [5, 5.41) is 12.6. The highest BCUT2D eigenvalue weighted by Gasteiger charge is 2.33. The normalized spacial score (nSPS) is 18.9. The van der Waals surface area contributed by atoms with Gasteiger partial charge in [-0.1, -0.05) is 31.2 Å². The Morgan fingerprint density at radius 2 is 2.11 bits per heavy atom. The third kappa shape index (κ3) is 5.52. The summed E-state index contributed by atoms with van der Waals surface area (Å²) in [6.07, 6.45) is 5.54. The van der Waals surface area contributed by atoms with Crippen molar-refractivity contribution in [2.75, 3.05) is 13.1 Å². The molecule has 0 bridgehead atoms. The number of aromatic nitrogens is 1. The zero-order chi connectivity index (χ0) is 19.1. The minimum atomic E-state index is -0.757. The molecule has 0 aliphatic heterocycles. The van der Waals surface area contributed by atoms with Crippen LogP contribution in [0.15, 0.2) is 48.8 Å². The number of rotatable bonds is 10. The van der Waals surface area contributed by atoms with Gasteiger partial charge in [-0.05, 0) is 31.5 Å². The molecule has 1 aliphatic carbocycles. The average molecular weight is 369 g/mol. The number of pyridine rings is 1. The molecule has 1 aromatic heterocycles. The van der Waals surface area contributed by atoms with Crippen LogP contribution in [0, 0.1) is 0 Å². The maximum atomic E-state index is 10.9. The van der Waals surface area contributed by atoms with Gasteiger partial charge < -0.3 is 15.2 Å². The van der Waals surface area contributed by atoms with Gasteiger partial charge in [-0.3, -0.25) is 14.7 Å². The number of hydrogen-bond donors (Lipinski definition) is 2. The summed E-state index contributed by atoms with van der Waals surface area (Å²) in [6, 6.07) is 12.7. The Hall–Kier alpha value is -2.44. The minimum absolute atomic E-state index is 0.124. The zero-order valence-corrected chi connectivity index (χ0v) is 15.7. The second-order valence-corrected chi connectivity index (χ2v) is 6.92. The van der Waals surface area contributed by atoms with Crippen molar-refractivity contribution in [3.8, 4) is 5.75 Å². The first-order valence-corrected chi connectivity index (χ1v) is 9.44. The van der Waals surface area contributed by atoms with E-state index in [2.05, 4.69) is 16.4 Å². The fraction of sp³-hybridized carbons (Fsp3) is 0.429. The van der Waals surface area contributed by atoms with E-state index in [4.69, 9.17) is 9.84 Å². The monoisotopic (exact) mass is 369 g/mol. The summed E-state index contributed by atoms with van der Waals surface area (Å²) in [6.45, 7) is 4.15. The third-order valence-corrected chi connectivity index (χ3v) is 5.05. The Kier molecular flexibility index (Phi) is 6.79. The summed E-state index contributed by atoms with van der Waals surface area (Å²) in [5.41, 5.74) is 2.17. The van der Waals surface area contributed by atoms with E-state index in [1.807, 2.05) is 48.4 Å². The molecule has 2 N–H and O–H groups in total. The van der Waals surface area contributed by atoms with E-state index in [1.165, 1.54) is 0 Å². The van der Waals surface area contributed by atoms with Crippen LogP contribution in [0.1, 0.15) is 30.9 Å². The van der Waals surface area contributed by atoms with E-state index < -0.39 is 5.97 Å². The Bertz CT molecular complexity index is 732. The molecule has 144 valence electrons. The van der Waals surface area contributed by atoms with E-state index in [1.54, 1.807) is 6.20 Å². The zero-order valence-electron chi connectivity index (χ0n) is 15.7. The molecule has 0 amide bonds. The third-order valence-electron chi connectivity index (χ3n) is 5.05. The maximum absolute atomic E-state index is 10.9. The second-order valence-electron chi connectivity index (χ2n) is 6.92. The lowest BCUT2D eigenvalue weighted by Gasteiger charge is -2.42. The topological polar surface area (TPSA) is 74.7 Å². The van der Waals surface area contributed by atoms with Gasteiger partial charge in [0.05, 0.1) is 6.54 Å². The quantitative estimate of drug-likeness (QED) is 0.671. The van der Waals surface area contributed by atoms with Gasteiger partial charge in [-0.15, -0.1) is 0 Å². The van der Waals surface area contributed by atoms with Gasteiger partial charge in [0, 0.05) is 42.1 Å². The molecule has 6 heteroatoms. The van der Waals surface area contributed by atoms with E-state index in [9.17, 15) is 4.79 Å². The molecule has 1 aliphatic rings. The van der Waals surface area contributed by atoms with Crippen LogP contribution in [0.5, 0.6) is 5.75 Å². The van der Waals surface area contributed by atoms with Crippen molar-refractivity contribution < 1.29 is 14.6 Å². The first-order chi connectivity index (χ1) is 13.2. The highest BCUT2D eigenvalue weighted by Crippen LogP contribution is 2.27. The van der Waals surface area contributed by atoms with Gasteiger partial charge in [0.1, 0.15) is 12.4 Å². The number of ether oxygens (including phenoxy) is 1. The number of nitrogens with one attached hydrogen (secondary N) is 1. The summed E-state index contributed by atoms with van der Waals surface area (Å²) < 4.78 is 5.97. The Morgan fingerprint density at radius 3 is 2.81 bits per heavy atom. The number of hydrogen-bond acceptors (Lipinski definition) is 5. The standard InChI is InChI=1S/C21H27N3O3/c1-2-24(14-21(25)26)19-10-18(11-19)23-13-17-7-3-4-8-20(17)27-15-16-6-5-9-22-12-16/h3-9,12,18-19,23H,2,10-11,13-15H2,1H3,(H,25,26). The fourth-order valence-corrected chi connectivity index (χ4v) is 3.42. The highest BCUT2D eigenvalue weighted by molar-refractivity contribution is 5.69. The van der Waals surface area contributed by atoms with Crippen LogP contribution in [0.2, 0.25) is 0 Å². The van der Waals surface area contributed by atoms with Gasteiger partial charge in [0.2, 0.25) is 0 Å². The molecule has 27 heavy (non-hydrogen) atoms.